The van der Waals surface area contributed by atoms with Crippen LogP contribution in [0.1, 0.15) is 23.2 Å². The lowest BCUT2D eigenvalue weighted by atomic mass is 10.1. The second-order valence-electron chi connectivity index (χ2n) is 6.93. The van der Waals surface area contributed by atoms with Crippen molar-refractivity contribution in [1.82, 2.24) is 14.3 Å². The van der Waals surface area contributed by atoms with E-state index in [1.165, 1.54) is 25.8 Å². The Bertz CT molecular complexity index is 1180. The Balaban J connectivity index is 1.88. The third kappa shape index (κ3) is 4.03. The third-order valence-electron chi connectivity index (χ3n) is 4.95. The van der Waals surface area contributed by atoms with Crippen LogP contribution in [0.5, 0.6) is 5.75 Å². The first-order valence-electron chi connectivity index (χ1n) is 9.11. The van der Waals surface area contributed by atoms with Gasteiger partial charge in [-0.3, -0.25) is 18.8 Å². The van der Waals surface area contributed by atoms with Crippen LogP contribution in [0.25, 0.3) is 11.0 Å². The molecule has 0 unspecified atom stereocenters. The number of halogens is 3. The van der Waals surface area contributed by atoms with E-state index in [0.717, 1.165) is 10.1 Å². The first kappa shape index (κ1) is 21.4. The molecule has 0 saturated carbocycles. The number of amides is 1. The number of nitrogens with one attached hydrogen (secondary N) is 1. The minimum Gasteiger partial charge on any atom is -0.497 e. The fourth-order valence-corrected chi connectivity index (χ4v) is 3.24. The van der Waals surface area contributed by atoms with Crippen molar-refractivity contribution in [2.45, 2.75) is 33.0 Å². The Kier molecular flexibility index (Phi) is 5.60. The van der Waals surface area contributed by atoms with E-state index in [9.17, 15) is 22.8 Å². The predicted octanol–water partition coefficient (Wildman–Crippen LogP) is 3.41. The van der Waals surface area contributed by atoms with Crippen LogP contribution in [0.4, 0.5) is 18.9 Å². The Morgan fingerprint density at radius 1 is 1.23 bits per heavy atom. The second-order valence-corrected chi connectivity index (χ2v) is 6.93. The number of pyridine rings is 1. The average Bonchev–Trinajstić information content (AvgIpc) is 2.96. The number of hydrogen-bond donors (Lipinski definition) is 1. The van der Waals surface area contributed by atoms with Gasteiger partial charge in [0.2, 0.25) is 5.91 Å². The van der Waals surface area contributed by atoms with Gasteiger partial charge < -0.3 is 10.1 Å². The van der Waals surface area contributed by atoms with Crippen molar-refractivity contribution in [2.24, 2.45) is 7.05 Å². The quantitative estimate of drug-likeness (QED) is 0.684. The summed E-state index contributed by atoms with van der Waals surface area (Å²) in [6, 6.07) is 5.71. The number of rotatable bonds is 5. The highest BCUT2D eigenvalue weighted by Crippen LogP contribution is 2.35. The Morgan fingerprint density at radius 3 is 2.53 bits per heavy atom. The topological polar surface area (TPSA) is 78.1 Å². The van der Waals surface area contributed by atoms with Gasteiger partial charge in [-0.2, -0.15) is 18.3 Å². The fourth-order valence-electron chi connectivity index (χ4n) is 3.24. The monoisotopic (exact) mass is 422 g/mol. The summed E-state index contributed by atoms with van der Waals surface area (Å²) in [6.45, 7) is 3.20. The molecule has 0 aliphatic carbocycles. The molecule has 0 fully saturated rings. The van der Waals surface area contributed by atoms with Crippen molar-refractivity contribution in [3.05, 3.63) is 51.4 Å². The van der Waals surface area contributed by atoms with Crippen LogP contribution in [0, 0.1) is 13.8 Å². The molecule has 7 nitrogen and oxygen atoms in total. The molecule has 0 bridgehead atoms. The van der Waals surface area contributed by atoms with Crippen molar-refractivity contribution in [3.63, 3.8) is 0 Å². The zero-order valence-corrected chi connectivity index (χ0v) is 16.9. The molecule has 160 valence electrons. The normalized spacial score (nSPS) is 11.7. The zero-order chi connectivity index (χ0) is 22.2. The van der Waals surface area contributed by atoms with Crippen molar-refractivity contribution in [1.29, 1.82) is 0 Å². The number of anilines is 1. The van der Waals surface area contributed by atoms with E-state index in [0.29, 0.717) is 17.5 Å². The van der Waals surface area contributed by atoms with Gasteiger partial charge >= 0.3 is 6.18 Å². The summed E-state index contributed by atoms with van der Waals surface area (Å²) in [4.78, 5) is 24.8. The smallest absolute Gasteiger partial charge is 0.417 e. The molecule has 0 spiro atoms. The maximum absolute atomic E-state index is 13.4. The Morgan fingerprint density at radius 2 is 1.93 bits per heavy atom. The molecule has 10 heteroatoms. The number of ether oxygens (including phenoxy) is 1. The van der Waals surface area contributed by atoms with E-state index in [-0.39, 0.29) is 35.6 Å². The van der Waals surface area contributed by atoms with Crippen LogP contribution in [-0.2, 0) is 24.6 Å². The molecule has 1 aromatic carbocycles. The molecule has 1 amide bonds. The number of carbonyl (C=O) groups excluding carboxylic acids is 1. The van der Waals surface area contributed by atoms with Gasteiger partial charge in [-0.15, -0.1) is 0 Å². The molecule has 2 aromatic heterocycles. The molecule has 0 aliphatic rings. The van der Waals surface area contributed by atoms with Crippen molar-refractivity contribution < 1.29 is 22.7 Å². The largest absolute Gasteiger partial charge is 0.497 e. The molecule has 30 heavy (non-hydrogen) atoms. The lowest BCUT2D eigenvalue weighted by molar-refractivity contribution is -0.136. The van der Waals surface area contributed by atoms with E-state index in [2.05, 4.69) is 10.4 Å². The minimum absolute atomic E-state index is 0.0942. The second kappa shape index (κ2) is 7.85. The fraction of sp³-hybridized carbons (Fsp3) is 0.350. The number of benzene rings is 1. The summed E-state index contributed by atoms with van der Waals surface area (Å²) < 4.78 is 47.7. The first-order valence-corrected chi connectivity index (χ1v) is 9.11. The van der Waals surface area contributed by atoms with Gasteiger partial charge in [0.1, 0.15) is 5.75 Å². The lowest BCUT2D eigenvalue weighted by Crippen LogP contribution is -2.25. The summed E-state index contributed by atoms with van der Waals surface area (Å²) in [5, 5.41) is 6.67. The third-order valence-corrected chi connectivity index (χ3v) is 4.95. The highest BCUT2D eigenvalue weighted by atomic mass is 19.4. The lowest BCUT2D eigenvalue weighted by Gasteiger charge is -2.13. The molecule has 0 radical (unpaired) electrons. The number of fused-ring (bicyclic) bond motifs is 1. The van der Waals surface area contributed by atoms with E-state index in [4.69, 9.17) is 4.74 Å². The molecule has 0 saturated heterocycles. The van der Waals surface area contributed by atoms with E-state index < -0.39 is 17.3 Å². The standard InChI is InChI=1S/C20H21F3N4O3/c1-11-9-13(30-4)5-6-15(11)24-16(28)7-8-27-17(29)10-14(20(21,22)23)18-12(2)26(3)25-19(18)27/h5-6,9-10H,7-8H2,1-4H3,(H,24,28). The number of nitrogens with zero attached hydrogens (tertiary/aromatic N) is 3. The minimum atomic E-state index is -4.69. The summed E-state index contributed by atoms with van der Waals surface area (Å²) in [7, 11) is 3.04. The predicted molar refractivity (Wildman–Crippen MR) is 106 cm³/mol. The highest BCUT2D eigenvalue weighted by molar-refractivity contribution is 5.91. The summed E-state index contributed by atoms with van der Waals surface area (Å²) >= 11 is 0. The van der Waals surface area contributed by atoms with Gasteiger partial charge in [0, 0.05) is 37.5 Å². The number of hydrogen-bond acceptors (Lipinski definition) is 4. The number of carbonyl (C=O) groups is 1. The summed E-state index contributed by atoms with van der Waals surface area (Å²) in [5.41, 5.74) is -0.326. The summed E-state index contributed by atoms with van der Waals surface area (Å²) in [5.74, 6) is 0.269. The first-order chi connectivity index (χ1) is 14.0. The van der Waals surface area contributed by atoms with Gasteiger partial charge in [-0.25, -0.2) is 0 Å². The molecular formula is C20H21F3N4O3. The average molecular weight is 422 g/mol. The van der Waals surface area contributed by atoms with Crippen LogP contribution in [0.3, 0.4) is 0 Å². The van der Waals surface area contributed by atoms with Gasteiger partial charge in [0.25, 0.3) is 5.56 Å². The molecule has 2 heterocycles. The summed E-state index contributed by atoms with van der Waals surface area (Å²) in [6.07, 6.45) is -4.80. The molecule has 1 N–H and O–H groups in total. The Hall–Kier alpha value is -3.30. The van der Waals surface area contributed by atoms with E-state index in [1.54, 1.807) is 25.1 Å². The van der Waals surface area contributed by atoms with Gasteiger partial charge in [-0.05, 0) is 37.6 Å². The van der Waals surface area contributed by atoms with Crippen LogP contribution in [-0.4, -0.2) is 27.4 Å². The van der Waals surface area contributed by atoms with E-state index in [1.807, 2.05) is 0 Å². The van der Waals surface area contributed by atoms with Crippen LogP contribution < -0.4 is 15.6 Å². The molecular weight excluding hydrogens is 401 g/mol. The molecule has 0 aliphatic heterocycles. The van der Waals surface area contributed by atoms with Gasteiger partial charge in [0.05, 0.1) is 18.1 Å². The molecule has 3 rings (SSSR count). The highest BCUT2D eigenvalue weighted by Gasteiger charge is 2.35. The number of aromatic nitrogens is 3. The van der Waals surface area contributed by atoms with Crippen LogP contribution >= 0.6 is 0 Å². The van der Waals surface area contributed by atoms with Crippen LogP contribution in [0.2, 0.25) is 0 Å². The maximum atomic E-state index is 13.4. The maximum Gasteiger partial charge on any atom is 0.417 e. The van der Waals surface area contributed by atoms with Crippen molar-refractivity contribution >= 4 is 22.6 Å². The molecule has 3 aromatic rings. The van der Waals surface area contributed by atoms with Gasteiger partial charge in [-0.1, -0.05) is 0 Å². The van der Waals surface area contributed by atoms with Crippen molar-refractivity contribution in [2.75, 3.05) is 12.4 Å². The van der Waals surface area contributed by atoms with E-state index >= 15 is 0 Å². The zero-order valence-electron chi connectivity index (χ0n) is 16.9. The SMILES string of the molecule is COc1ccc(NC(=O)CCn2c(=O)cc(C(F)(F)F)c3c(C)n(C)nc32)c(C)c1. The van der Waals surface area contributed by atoms with Crippen molar-refractivity contribution in [3.8, 4) is 5.75 Å². The number of methoxy groups -OCH3 is 1. The Labute approximate surface area is 170 Å². The van der Waals surface area contributed by atoms with Gasteiger partial charge in [0.15, 0.2) is 5.65 Å². The molecule has 0 atom stereocenters. The number of alkyl halides is 3. The van der Waals surface area contributed by atoms with Crippen LogP contribution in [0.15, 0.2) is 29.1 Å². The number of aryl methyl sites for hydroxylation is 4.